The van der Waals surface area contributed by atoms with Gasteiger partial charge in [0.1, 0.15) is 16.9 Å². The molecule has 0 radical (unpaired) electrons. The lowest BCUT2D eigenvalue weighted by atomic mass is 9.94. The van der Waals surface area contributed by atoms with Crippen LogP contribution < -0.4 is 0 Å². The van der Waals surface area contributed by atoms with Crippen LogP contribution in [0.2, 0.25) is 0 Å². The summed E-state index contributed by atoms with van der Waals surface area (Å²) in [6, 6.07) is 5.74. The number of ether oxygens (including phenoxy) is 1. The second-order valence-corrected chi connectivity index (χ2v) is 7.66. The summed E-state index contributed by atoms with van der Waals surface area (Å²) in [7, 11) is 0. The van der Waals surface area contributed by atoms with Crippen molar-refractivity contribution in [2.75, 3.05) is 0 Å². The summed E-state index contributed by atoms with van der Waals surface area (Å²) >= 11 is 1.69. The van der Waals surface area contributed by atoms with Gasteiger partial charge in [0.05, 0.1) is 17.6 Å². The topological polar surface area (TPSA) is 65.2 Å². The van der Waals surface area contributed by atoms with Crippen LogP contribution in [0.25, 0.3) is 27.4 Å². The van der Waals surface area contributed by atoms with Crippen molar-refractivity contribution in [1.82, 2.24) is 24.6 Å². The molecule has 4 aromatic heterocycles. The first-order chi connectivity index (χ1) is 11.6. The lowest BCUT2D eigenvalue weighted by molar-refractivity contribution is -0.0379. The zero-order chi connectivity index (χ0) is 16.3. The van der Waals surface area contributed by atoms with E-state index < -0.39 is 0 Å². The van der Waals surface area contributed by atoms with Gasteiger partial charge in [-0.1, -0.05) is 6.07 Å². The van der Waals surface area contributed by atoms with Crippen molar-refractivity contribution >= 4 is 27.2 Å². The van der Waals surface area contributed by atoms with E-state index in [4.69, 9.17) is 9.72 Å². The van der Waals surface area contributed by atoms with Gasteiger partial charge in [0.2, 0.25) is 5.82 Å². The highest BCUT2D eigenvalue weighted by molar-refractivity contribution is 7.19. The third-order valence-electron chi connectivity index (χ3n) is 4.30. The highest BCUT2D eigenvalue weighted by atomic mass is 32.1. The van der Waals surface area contributed by atoms with Crippen LogP contribution in [0.3, 0.4) is 0 Å². The molecule has 4 aromatic rings. The van der Waals surface area contributed by atoms with E-state index in [1.165, 1.54) is 10.4 Å². The van der Waals surface area contributed by atoms with Crippen LogP contribution in [0, 0.1) is 0 Å². The number of rotatable bonds is 1. The molecule has 0 bridgehead atoms. The maximum absolute atomic E-state index is 5.94. The Hall–Kier alpha value is -2.38. The molecule has 0 atom stereocenters. The van der Waals surface area contributed by atoms with Crippen molar-refractivity contribution in [2.45, 2.75) is 32.5 Å². The first-order valence-corrected chi connectivity index (χ1v) is 8.63. The average molecular weight is 337 g/mol. The molecule has 0 fully saturated rings. The standard InChI is InChI=1S/C17H15N5OS/c1-17(2)7-10-12(8-23-17)24-16-13(10)15-20-14(21-22(15)9-19-16)11-5-3-4-6-18-11/h3-6,9H,7-8H2,1-2H3. The average Bonchev–Trinajstić information content (AvgIpc) is 3.15. The van der Waals surface area contributed by atoms with Gasteiger partial charge in [0, 0.05) is 17.5 Å². The number of nitrogens with zero attached hydrogens (tertiary/aromatic N) is 5. The van der Waals surface area contributed by atoms with Gasteiger partial charge in [-0.2, -0.15) is 0 Å². The van der Waals surface area contributed by atoms with Crippen molar-refractivity contribution in [3.05, 3.63) is 41.2 Å². The summed E-state index contributed by atoms with van der Waals surface area (Å²) in [5, 5.41) is 5.65. The SMILES string of the molecule is CC1(C)Cc2c(sc3ncn4nc(-c5ccccn5)nc4c23)CO1. The van der Waals surface area contributed by atoms with Gasteiger partial charge >= 0.3 is 0 Å². The van der Waals surface area contributed by atoms with Gasteiger partial charge in [-0.3, -0.25) is 4.98 Å². The number of hydrogen-bond acceptors (Lipinski definition) is 6. The predicted octanol–water partition coefficient (Wildman–Crippen LogP) is 3.25. The Bertz CT molecular complexity index is 1070. The second-order valence-electron chi connectivity index (χ2n) is 6.57. The number of hydrogen-bond donors (Lipinski definition) is 0. The quantitative estimate of drug-likeness (QED) is 0.533. The second kappa shape index (κ2) is 4.81. The van der Waals surface area contributed by atoms with Crippen molar-refractivity contribution < 1.29 is 4.74 Å². The molecule has 0 N–H and O–H groups in total. The molecule has 0 aromatic carbocycles. The lowest BCUT2D eigenvalue weighted by Gasteiger charge is -2.30. The third kappa shape index (κ3) is 2.05. The van der Waals surface area contributed by atoms with E-state index >= 15 is 0 Å². The van der Waals surface area contributed by atoms with Crippen molar-refractivity contribution in [1.29, 1.82) is 0 Å². The van der Waals surface area contributed by atoms with E-state index in [1.54, 1.807) is 28.4 Å². The van der Waals surface area contributed by atoms with E-state index in [0.717, 1.165) is 28.0 Å². The molecule has 24 heavy (non-hydrogen) atoms. The first kappa shape index (κ1) is 14.0. The minimum absolute atomic E-state index is 0.169. The molecule has 0 saturated heterocycles. The smallest absolute Gasteiger partial charge is 0.200 e. The summed E-state index contributed by atoms with van der Waals surface area (Å²) in [6.45, 7) is 4.88. The summed E-state index contributed by atoms with van der Waals surface area (Å²) in [4.78, 5) is 15.9. The van der Waals surface area contributed by atoms with Gasteiger partial charge in [-0.15, -0.1) is 16.4 Å². The Morgan fingerprint density at radius 1 is 1.25 bits per heavy atom. The summed E-state index contributed by atoms with van der Waals surface area (Å²) < 4.78 is 7.69. The summed E-state index contributed by atoms with van der Waals surface area (Å²) in [5.74, 6) is 0.621. The molecule has 0 unspecified atom stereocenters. The summed E-state index contributed by atoms with van der Waals surface area (Å²) in [5.41, 5.74) is 2.74. The highest BCUT2D eigenvalue weighted by Gasteiger charge is 2.30. The molecular weight excluding hydrogens is 322 g/mol. The molecule has 0 aliphatic carbocycles. The molecule has 7 heteroatoms. The Labute approximate surface area is 142 Å². The maximum Gasteiger partial charge on any atom is 0.200 e. The molecule has 120 valence electrons. The van der Waals surface area contributed by atoms with Crippen LogP contribution in [-0.4, -0.2) is 30.2 Å². The van der Waals surface area contributed by atoms with E-state index in [1.807, 2.05) is 18.2 Å². The van der Waals surface area contributed by atoms with Gasteiger partial charge in [0.25, 0.3) is 0 Å². The normalized spacial score (nSPS) is 16.6. The highest BCUT2D eigenvalue weighted by Crippen LogP contribution is 2.39. The Kier molecular flexibility index (Phi) is 2.81. The van der Waals surface area contributed by atoms with E-state index in [-0.39, 0.29) is 5.60 Å². The van der Waals surface area contributed by atoms with Gasteiger partial charge in [-0.05, 0) is 31.5 Å². The van der Waals surface area contributed by atoms with E-state index in [0.29, 0.717) is 12.4 Å². The zero-order valence-electron chi connectivity index (χ0n) is 13.4. The third-order valence-corrected chi connectivity index (χ3v) is 5.42. The molecule has 5 heterocycles. The molecule has 5 rings (SSSR count). The van der Waals surface area contributed by atoms with Crippen molar-refractivity contribution in [2.24, 2.45) is 0 Å². The molecule has 0 saturated carbocycles. The molecule has 6 nitrogen and oxygen atoms in total. The molecule has 0 spiro atoms. The molecule has 1 aliphatic heterocycles. The minimum atomic E-state index is -0.169. The number of thiophene rings is 1. The zero-order valence-corrected chi connectivity index (χ0v) is 14.2. The van der Waals surface area contributed by atoms with Gasteiger partial charge < -0.3 is 4.74 Å². The molecule has 0 amide bonds. The fraction of sp³-hybridized carbons (Fsp3) is 0.294. The fourth-order valence-electron chi connectivity index (χ4n) is 3.15. The number of pyridine rings is 1. The largest absolute Gasteiger partial charge is 0.370 e. The van der Waals surface area contributed by atoms with E-state index in [2.05, 4.69) is 28.9 Å². The van der Waals surface area contributed by atoms with Crippen LogP contribution in [0.5, 0.6) is 0 Å². The Balaban J connectivity index is 1.78. The minimum Gasteiger partial charge on any atom is -0.370 e. The molecular formula is C17H15N5OS. The lowest BCUT2D eigenvalue weighted by Crippen LogP contribution is -2.31. The number of fused-ring (bicyclic) bond motifs is 5. The predicted molar refractivity (Wildman–Crippen MR) is 92.0 cm³/mol. The van der Waals surface area contributed by atoms with Crippen LogP contribution in [0.1, 0.15) is 24.3 Å². The van der Waals surface area contributed by atoms with Crippen molar-refractivity contribution in [3.8, 4) is 11.5 Å². The monoisotopic (exact) mass is 337 g/mol. The van der Waals surface area contributed by atoms with Crippen LogP contribution in [-0.2, 0) is 17.8 Å². The van der Waals surface area contributed by atoms with Crippen molar-refractivity contribution in [3.63, 3.8) is 0 Å². The molecule has 1 aliphatic rings. The summed E-state index contributed by atoms with van der Waals surface area (Å²) in [6.07, 6.45) is 4.34. The van der Waals surface area contributed by atoms with Gasteiger partial charge in [0.15, 0.2) is 5.65 Å². The van der Waals surface area contributed by atoms with Crippen LogP contribution in [0.15, 0.2) is 30.7 Å². The van der Waals surface area contributed by atoms with Crippen LogP contribution in [0.4, 0.5) is 0 Å². The fourth-order valence-corrected chi connectivity index (χ4v) is 4.21. The first-order valence-electron chi connectivity index (χ1n) is 7.82. The Morgan fingerprint density at radius 3 is 3.00 bits per heavy atom. The van der Waals surface area contributed by atoms with E-state index in [9.17, 15) is 0 Å². The Morgan fingerprint density at radius 2 is 2.17 bits per heavy atom. The number of aromatic nitrogens is 5. The maximum atomic E-state index is 5.94. The van der Waals surface area contributed by atoms with Gasteiger partial charge in [-0.25, -0.2) is 14.5 Å². The van der Waals surface area contributed by atoms with Crippen LogP contribution >= 0.6 is 11.3 Å².